The smallest absolute Gasteiger partial charge is 0.405 e. The van der Waals surface area contributed by atoms with Gasteiger partial charge >= 0.3 is 6.18 Å². The number of hydrogen-bond acceptors (Lipinski definition) is 5. The number of nitrogens with zero attached hydrogens (tertiary/aromatic N) is 1. The van der Waals surface area contributed by atoms with Crippen LogP contribution in [0, 0.1) is 6.92 Å². The molecule has 2 N–H and O–H groups in total. The number of rotatable bonds is 6. The van der Waals surface area contributed by atoms with Gasteiger partial charge in [-0.3, -0.25) is 4.90 Å². The molecule has 1 atom stereocenters. The maximum absolute atomic E-state index is 13.4. The summed E-state index contributed by atoms with van der Waals surface area (Å²) in [5.41, 5.74) is 0.663. The predicted molar refractivity (Wildman–Crippen MR) is 87.2 cm³/mol. The molecule has 142 valence electrons. The second-order valence-corrected chi connectivity index (χ2v) is 7.58. The number of ether oxygens (including phenoxy) is 1. The van der Waals surface area contributed by atoms with Gasteiger partial charge in [0, 0.05) is 32.7 Å². The summed E-state index contributed by atoms with van der Waals surface area (Å²) < 4.78 is 72.2. The number of halogens is 3. The fourth-order valence-corrected chi connectivity index (χ4v) is 4.00. The van der Waals surface area contributed by atoms with Crippen molar-refractivity contribution >= 4 is 10.0 Å². The first-order valence-electron chi connectivity index (χ1n) is 7.81. The van der Waals surface area contributed by atoms with E-state index in [0.717, 1.165) is 0 Å². The Morgan fingerprint density at radius 1 is 1.32 bits per heavy atom. The molecule has 1 saturated heterocycles. The molecule has 1 fully saturated rings. The first-order valence-corrected chi connectivity index (χ1v) is 9.29. The maximum atomic E-state index is 13.4. The maximum Gasteiger partial charge on any atom is 0.405 e. The minimum atomic E-state index is -4.53. The molecule has 1 unspecified atom stereocenters. The number of benzene rings is 1. The van der Waals surface area contributed by atoms with E-state index in [-0.39, 0.29) is 23.7 Å². The summed E-state index contributed by atoms with van der Waals surface area (Å²) in [6.07, 6.45) is -4.53. The number of sulfonamides is 1. The Hall–Kier alpha value is -1.36. The number of hydrogen-bond donors (Lipinski definition) is 2. The molecular weight excluding hydrogens is 359 g/mol. The summed E-state index contributed by atoms with van der Waals surface area (Å²) in [5.74, 6) is 0.0869. The highest BCUT2D eigenvalue weighted by molar-refractivity contribution is 7.89. The molecule has 1 aromatic rings. The average molecular weight is 381 g/mol. The van der Waals surface area contributed by atoms with Crippen molar-refractivity contribution < 1.29 is 26.3 Å². The standard InChI is InChI=1S/C15H22F3N3O3S/c1-11-3-4-12(24-2)13(9-11)25(22,23)20-10-14(15(16,17)18)21-7-5-19-6-8-21/h3-4,9,14,19-20H,5-8,10H2,1-2H3. The quantitative estimate of drug-likeness (QED) is 0.773. The minimum Gasteiger partial charge on any atom is -0.495 e. The van der Waals surface area contributed by atoms with Crippen LogP contribution in [0.3, 0.4) is 0 Å². The van der Waals surface area contributed by atoms with E-state index in [1.807, 2.05) is 0 Å². The van der Waals surface area contributed by atoms with Crippen molar-refractivity contribution in [3.8, 4) is 5.75 Å². The Labute approximate surface area is 145 Å². The molecule has 1 aliphatic rings. The summed E-state index contributed by atoms with van der Waals surface area (Å²) in [6.45, 7) is 2.23. The highest BCUT2D eigenvalue weighted by Crippen LogP contribution is 2.27. The molecule has 10 heteroatoms. The number of aryl methyl sites for hydroxylation is 1. The molecule has 1 aromatic carbocycles. The molecule has 2 rings (SSSR count). The van der Waals surface area contributed by atoms with E-state index in [1.165, 1.54) is 24.1 Å². The van der Waals surface area contributed by atoms with Crippen LogP contribution in [0.5, 0.6) is 5.75 Å². The first kappa shape index (κ1) is 20.0. The van der Waals surface area contributed by atoms with Crippen LogP contribution in [0.15, 0.2) is 23.1 Å². The van der Waals surface area contributed by atoms with Crippen LogP contribution in [0.2, 0.25) is 0 Å². The molecule has 1 aliphatic heterocycles. The summed E-state index contributed by atoms with van der Waals surface area (Å²) in [5, 5.41) is 2.98. The van der Waals surface area contributed by atoms with Crippen molar-refractivity contribution in [1.82, 2.24) is 14.9 Å². The molecular formula is C15H22F3N3O3S. The number of methoxy groups -OCH3 is 1. The van der Waals surface area contributed by atoms with Gasteiger partial charge in [0.15, 0.2) is 0 Å². The second kappa shape index (κ2) is 7.90. The number of piperazine rings is 1. The third-order valence-corrected chi connectivity index (χ3v) is 5.49. The molecule has 0 amide bonds. The molecule has 0 aromatic heterocycles. The summed E-state index contributed by atoms with van der Waals surface area (Å²) in [4.78, 5) is 1.07. The summed E-state index contributed by atoms with van der Waals surface area (Å²) >= 11 is 0. The Morgan fingerprint density at radius 3 is 2.52 bits per heavy atom. The van der Waals surface area contributed by atoms with Crippen molar-refractivity contribution in [3.05, 3.63) is 23.8 Å². The zero-order valence-corrected chi connectivity index (χ0v) is 14.9. The van der Waals surface area contributed by atoms with E-state index in [2.05, 4.69) is 10.0 Å². The van der Waals surface area contributed by atoms with Gasteiger partial charge in [0.25, 0.3) is 0 Å². The fourth-order valence-electron chi connectivity index (χ4n) is 2.71. The Bertz CT molecular complexity index is 689. The SMILES string of the molecule is COc1ccc(C)cc1S(=O)(=O)NCC(N1CCNCC1)C(F)(F)F. The van der Waals surface area contributed by atoms with Crippen LogP contribution in [-0.4, -0.2) is 65.4 Å². The van der Waals surface area contributed by atoms with E-state index < -0.39 is 28.8 Å². The van der Waals surface area contributed by atoms with E-state index >= 15 is 0 Å². The number of alkyl halides is 3. The van der Waals surface area contributed by atoms with Crippen molar-refractivity contribution in [1.29, 1.82) is 0 Å². The van der Waals surface area contributed by atoms with Crippen molar-refractivity contribution in [2.24, 2.45) is 0 Å². The third-order valence-electron chi connectivity index (χ3n) is 4.05. The first-order chi connectivity index (χ1) is 11.6. The number of nitrogens with one attached hydrogen (secondary N) is 2. The summed E-state index contributed by atoms with van der Waals surface area (Å²) in [7, 11) is -2.83. The lowest BCUT2D eigenvalue weighted by Crippen LogP contribution is -2.57. The van der Waals surface area contributed by atoms with Gasteiger partial charge in [-0.25, -0.2) is 13.1 Å². The van der Waals surface area contributed by atoms with E-state index in [9.17, 15) is 21.6 Å². The van der Waals surface area contributed by atoms with Gasteiger partial charge in [0.2, 0.25) is 10.0 Å². The average Bonchev–Trinajstić information content (AvgIpc) is 2.54. The second-order valence-electron chi connectivity index (χ2n) is 5.85. The van der Waals surface area contributed by atoms with Crippen molar-refractivity contribution in [2.45, 2.75) is 24.0 Å². The fraction of sp³-hybridized carbons (Fsp3) is 0.600. The Kier molecular flexibility index (Phi) is 6.30. The van der Waals surface area contributed by atoms with Gasteiger partial charge in [-0.15, -0.1) is 0 Å². The van der Waals surface area contributed by atoms with Gasteiger partial charge < -0.3 is 10.1 Å². The molecule has 0 saturated carbocycles. The van der Waals surface area contributed by atoms with E-state index in [4.69, 9.17) is 4.74 Å². The minimum absolute atomic E-state index is 0.0869. The van der Waals surface area contributed by atoms with E-state index in [1.54, 1.807) is 13.0 Å². The van der Waals surface area contributed by atoms with Crippen molar-refractivity contribution in [2.75, 3.05) is 39.8 Å². The molecule has 0 spiro atoms. The van der Waals surface area contributed by atoms with Crippen LogP contribution in [0.4, 0.5) is 13.2 Å². The van der Waals surface area contributed by atoms with Gasteiger partial charge in [0.05, 0.1) is 7.11 Å². The van der Waals surface area contributed by atoms with Crippen LogP contribution >= 0.6 is 0 Å². The highest BCUT2D eigenvalue weighted by Gasteiger charge is 2.44. The molecule has 6 nitrogen and oxygen atoms in total. The van der Waals surface area contributed by atoms with Crippen LogP contribution in [0.1, 0.15) is 5.56 Å². The Morgan fingerprint density at radius 2 is 1.96 bits per heavy atom. The van der Waals surface area contributed by atoms with Crippen molar-refractivity contribution in [3.63, 3.8) is 0 Å². The van der Waals surface area contributed by atoms with Crippen LogP contribution in [0.25, 0.3) is 0 Å². The molecule has 0 bridgehead atoms. The lowest BCUT2D eigenvalue weighted by atomic mass is 10.2. The monoisotopic (exact) mass is 381 g/mol. The van der Waals surface area contributed by atoms with Gasteiger partial charge in [0.1, 0.15) is 16.7 Å². The van der Waals surface area contributed by atoms with Gasteiger partial charge in [-0.1, -0.05) is 6.07 Å². The van der Waals surface area contributed by atoms with Gasteiger partial charge in [-0.05, 0) is 24.6 Å². The van der Waals surface area contributed by atoms with E-state index in [0.29, 0.717) is 18.7 Å². The van der Waals surface area contributed by atoms with Crippen LogP contribution in [-0.2, 0) is 10.0 Å². The lowest BCUT2D eigenvalue weighted by Gasteiger charge is -2.35. The Balaban J connectivity index is 2.20. The zero-order valence-electron chi connectivity index (χ0n) is 14.1. The molecule has 25 heavy (non-hydrogen) atoms. The highest BCUT2D eigenvalue weighted by atomic mass is 32.2. The predicted octanol–water partition coefficient (Wildman–Crippen LogP) is 1.12. The largest absolute Gasteiger partial charge is 0.495 e. The van der Waals surface area contributed by atoms with Crippen LogP contribution < -0.4 is 14.8 Å². The summed E-state index contributed by atoms with van der Waals surface area (Å²) in [6, 6.07) is 2.63. The topological polar surface area (TPSA) is 70.7 Å². The third kappa shape index (κ3) is 5.06. The van der Waals surface area contributed by atoms with Gasteiger partial charge in [-0.2, -0.15) is 13.2 Å². The molecule has 0 radical (unpaired) electrons. The normalized spacial score (nSPS) is 18.1. The lowest BCUT2D eigenvalue weighted by molar-refractivity contribution is -0.182. The zero-order chi connectivity index (χ0) is 18.7. The molecule has 0 aliphatic carbocycles. The molecule has 1 heterocycles.